The zero-order chi connectivity index (χ0) is 16.8. The summed E-state index contributed by atoms with van der Waals surface area (Å²) in [5, 5.41) is 22.9. The highest BCUT2D eigenvalue weighted by Crippen LogP contribution is 2.51. The van der Waals surface area contributed by atoms with Gasteiger partial charge in [0.05, 0.1) is 19.3 Å². The van der Waals surface area contributed by atoms with Gasteiger partial charge < -0.3 is 20.3 Å². The number of methoxy groups -OCH3 is 1. The number of benzene rings is 1. The van der Waals surface area contributed by atoms with Gasteiger partial charge >= 0.3 is 0 Å². The van der Waals surface area contributed by atoms with Gasteiger partial charge in [0, 0.05) is 12.5 Å². The van der Waals surface area contributed by atoms with Crippen LogP contribution in [0.4, 0.5) is 0 Å². The predicted octanol–water partition coefficient (Wildman–Crippen LogP) is 1.29. The molecule has 1 aromatic rings. The molecule has 5 nitrogen and oxygen atoms in total. The van der Waals surface area contributed by atoms with Gasteiger partial charge in [-0.2, -0.15) is 0 Å². The van der Waals surface area contributed by atoms with Crippen LogP contribution in [0.3, 0.4) is 0 Å². The van der Waals surface area contributed by atoms with Crippen LogP contribution in [-0.2, 0) is 4.79 Å². The van der Waals surface area contributed by atoms with Crippen molar-refractivity contribution >= 4 is 5.91 Å². The van der Waals surface area contributed by atoms with Gasteiger partial charge in [0.1, 0.15) is 5.75 Å². The number of nitrogens with one attached hydrogen (secondary N) is 1. The van der Waals surface area contributed by atoms with Crippen LogP contribution in [0.15, 0.2) is 24.3 Å². The molecule has 2 bridgehead atoms. The Labute approximate surface area is 142 Å². The monoisotopic (exact) mass is 331 g/mol. The van der Waals surface area contributed by atoms with Crippen LogP contribution in [0.25, 0.3) is 0 Å². The fraction of sp³-hybridized carbons (Fsp3) is 0.632. The second-order valence-electron chi connectivity index (χ2n) is 7.57. The minimum absolute atomic E-state index is 0.0235. The number of hydrogen-bond donors (Lipinski definition) is 3. The van der Waals surface area contributed by atoms with Crippen LogP contribution in [0, 0.1) is 23.7 Å². The molecule has 3 aliphatic rings. The summed E-state index contributed by atoms with van der Waals surface area (Å²) in [4.78, 5) is 12.4. The molecule has 0 spiro atoms. The van der Waals surface area contributed by atoms with Crippen molar-refractivity contribution in [3.8, 4) is 5.75 Å². The van der Waals surface area contributed by atoms with E-state index < -0.39 is 12.2 Å². The van der Waals surface area contributed by atoms with Gasteiger partial charge in [0.15, 0.2) is 0 Å². The maximum atomic E-state index is 12.4. The van der Waals surface area contributed by atoms with E-state index in [-0.39, 0.29) is 29.6 Å². The van der Waals surface area contributed by atoms with E-state index >= 15 is 0 Å². The lowest BCUT2D eigenvalue weighted by atomic mass is 9.85. The van der Waals surface area contributed by atoms with Crippen LogP contribution in [0.2, 0.25) is 0 Å². The summed E-state index contributed by atoms with van der Waals surface area (Å²) >= 11 is 0. The summed E-state index contributed by atoms with van der Waals surface area (Å²) in [5.41, 5.74) is 1.11. The van der Waals surface area contributed by atoms with E-state index in [1.165, 1.54) is 0 Å². The van der Waals surface area contributed by atoms with E-state index in [0.29, 0.717) is 12.5 Å². The highest BCUT2D eigenvalue weighted by Gasteiger charge is 2.52. The van der Waals surface area contributed by atoms with Gasteiger partial charge in [0.2, 0.25) is 5.91 Å². The first kappa shape index (κ1) is 15.9. The van der Waals surface area contributed by atoms with E-state index in [4.69, 9.17) is 4.74 Å². The van der Waals surface area contributed by atoms with E-state index in [2.05, 4.69) is 5.32 Å². The maximum Gasteiger partial charge on any atom is 0.223 e. The molecule has 3 aliphatic carbocycles. The predicted molar refractivity (Wildman–Crippen MR) is 88.6 cm³/mol. The molecule has 3 fully saturated rings. The first-order valence-electron chi connectivity index (χ1n) is 8.87. The Kier molecular flexibility index (Phi) is 4.01. The normalized spacial score (nSPS) is 39.7. The number of carbonyl (C=O) groups is 1. The molecule has 5 heteroatoms. The van der Waals surface area contributed by atoms with E-state index in [1.807, 2.05) is 24.3 Å². The van der Waals surface area contributed by atoms with Crippen LogP contribution in [0.1, 0.15) is 30.7 Å². The lowest BCUT2D eigenvalue weighted by molar-refractivity contribution is -0.122. The number of aliphatic hydroxyl groups excluding tert-OH is 2. The van der Waals surface area contributed by atoms with Gasteiger partial charge in [-0.05, 0) is 54.6 Å². The molecule has 130 valence electrons. The number of ether oxygens (including phenoxy) is 1. The van der Waals surface area contributed by atoms with Gasteiger partial charge in [-0.25, -0.2) is 0 Å². The van der Waals surface area contributed by atoms with Crippen molar-refractivity contribution in [1.82, 2.24) is 5.32 Å². The van der Waals surface area contributed by atoms with Crippen molar-refractivity contribution in [1.29, 1.82) is 0 Å². The smallest absolute Gasteiger partial charge is 0.223 e. The molecule has 0 saturated heterocycles. The summed E-state index contributed by atoms with van der Waals surface area (Å²) in [7, 11) is 1.66. The van der Waals surface area contributed by atoms with E-state index in [9.17, 15) is 15.0 Å². The van der Waals surface area contributed by atoms with E-state index in [0.717, 1.165) is 30.6 Å². The molecule has 4 rings (SSSR count). The standard InChI is InChI=1S/C19H25NO4/c1-24-16-5-3-2-4-12(16)14-8-15(14)19(23)20-9-11-6-10-7-13(11)18(22)17(10)21/h2-5,10-11,13-15,17-18,21-22H,6-9H2,1H3,(H,20,23)/t10-,11-,13-,14-,15+,17+,18-/m0/s1. The summed E-state index contributed by atoms with van der Waals surface area (Å²) < 4.78 is 5.39. The highest BCUT2D eigenvalue weighted by molar-refractivity contribution is 5.83. The number of aliphatic hydroxyl groups is 2. The fourth-order valence-electron chi connectivity index (χ4n) is 4.83. The highest BCUT2D eigenvalue weighted by atomic mass is 16.5. The van der Waals surface area contributed by atoms with Crippen molar-refractivity contribution < 1.29 is 19.7 Å². The molecule has 24 heavy (non-hydrogen) atoms. The summed E-state index contributed by atoms with van der Waals surface area (Å²) in [6, 6.07) is 7.89. The minimum Gasteiger partial charge on any atom is -0.496 e. The van der Waals surface area contributed by atoms with Crippen LogP contribution in [0.5, 0.6) is 5.75 Å². The Hall–Kier alpha value is -1.59. The quantitative estimate of drug-likeness (QED) is 0.760. The van der Waals surface area contributed by atoms with Crippen LogP contribution in [-0.4, -0.2) is 42.0 Å². The van der Waals surface area contributed by atoms with Gasteiger partial charge in [-0.3, -0.25) is 4.79 Å². The largest absolute Gasteiger partial charge is 0.496 e. The van der Waals surface area contributed by atoms with Gasteiger partial charge in [-0.15, -0.1) is 0 Å². The third kappa shape index (κ3) is 2.60. The van der Waals surface area contributed by atoms with Crippen molar-refractivity contribution in [2.75, 3.05) is 13.7 Å². The number of rotatable bonds is 5. The number of para-hydroxylation sites is 1. The molecule has 0 unspecified atom stereocenters. The lowest BCUT2D eigenvalue weighted by Gasteiger charge is -2.29. The van der Waals surface area contributed by atoms with Gasteiger partial charge in [0.25, 0.3) is 0 Å². The second kappa shape index (κ2) is 6.05. The molecule has 0 radical (unpaired) electrons. The number of carbonyl (C=O) groups excluding carboxylic acids is 1. The Balaban J connectivity index is 1.31. The first-order valence-corrected chi connectivity index (χ1v) is 8.87. The zero-order valence-corrected chi connectivity index (χ0v) is 13.9. The average molecular weight is 331 g/mol. The summed E-state index contributed by atoms with van der Waals surface area (Å²) in [6.45, 7) is 0.610. The average Bonchev–Trinajstić information content (AvgIpc) is 3.22. The maximum absolute atomic E-state index is 12.4. The Morgan fingerprint density at radius 3 is 2.71 bits per heavy atom. The Bertz CT molecular complexity index is 632. The topological polar surface area (TPSA) is 78.8 Å². The molecular formula is C19H25NO4. The Morgan fingerprint density at radius 1 is 1.21 bits per heavy atom. The second-order valence-corrected chi connectivity index (χ2v) is 7.57. The van der Waals surface area contributed by atoms with Crippen LogP contribution < -0.4 is 10.1 Å². The van der Waals surface area contributed by atoms with Crippen molar-refractivity contribution in [2.45, 2.75) is 37.4 Å². The van der Waals surface area contributed by atoms with E-state index in [1.54, 1.807) is 7.11 Å². The summed E-state index contributed by atoms with van der Waals surface area (Å²) in [6.07, 6.45) is 1.47. The first-order chi connectivity index (χ1) is 11.6. The molecule has 0 heterocycles. The van der Waals surface area contributed by atoms with Crippen molar-refractivity contribution in [2.24, 2.45) is 23.7 Å². The molecular weight excluding hydrogens is 306 g/mol. The fourth-order valence-corrected chi connectivity index (χ4v) is 4.83. The summed E-state index contributed by atoms with van der Waals surface area (Å²) in [5.74, 6) is 1.85. The van der Waals surface area contributed by atoms with Crippen molar-refractivity contribution in [3.05, 3.63) is 29.8 Å². The number of hydrogen-bond acceptors (Lipinski definition) is 4. The molecule has 0 aliphatic heterocycles. The molecule has 3 saturated carbocycles. The molecule has 1 amide bonds. The number of amides is 1. The molecule has 3 N–H and O–H groups in total. The lowest BCUT2D eigenvalue weighted by Crippen LogP contribution is -2.41. The van der Waals surface area contributed by atoms with Crippen LogP contribution >= 0.6 is 0 Å². The molecule has 1 aromatic carbocycles. The van der Waals surface area contributed by atoms with Crippen molar-refractivity contribution in [3.63, 3.8) is 0 Å². The third-order valence-electron chi connectivity index (χ3n) is 6.26. The zero-order valence-electron chi connectivity index (χ0n) is 13.9. The molecule has 7 atom stereocenters. The SMILES string of the molecule is COc1ccccc1[C@@H]1C[C@H]1C(=O)NC[C@@H]1C[C@H]2C[C@@H]1[C@H](O)[C@@H]2O. The molecule has 0 aromatic heterocycles. The third-order valence-corrected chi connectivity index (χ3v) is 6.26. The Morgan fingerprint density at radius 2 is 2.00 bits per heavy atom. The van der Waals surface area contributed by atoms with Gasteiger partial charge in [-0.1, -0.05) is 18.2 Å². The number of fused-ring (bicyclic) bond motifs is 2. The minimum atomic E-state index is -0.618.